The van der Waals surface area contributed by atoms with Crippen molar-refractivity contribution in [3.05, 3.63) is 66.5 Å². The highest BCUT2D eigenvalue weighted by Crippen LogP contribution is 2.39. The third kappa shape index (κ3) is 2.85. The van der Waals surface area contributed by atoms with Crippen molar-refractivity contribution in [1.29, 1.82) is 0 Å². The van der Waals surface area contributed by atoms with Crippen molar-refractivity contribution in [3.8, 4) is 11.1 Å². The number of fused-ring (bicyclic) bond motifs is 2. The number of nitrogens with one attached hydrogen (secondary N) is 1. The molecule has 2 aromatic heterocycles. The highest BCUT2D eigenvalue weighted by atomic mass is 16.6. The van der Waals surface area contributed by atoms with Crippen LogP contribution < -0.4 is 16.2 Å². The van der Waals surface area contributed by atoms with Gasteiger partial charge in [0.2, 0.25) is 0 Å². The summed E-state index contributed by atoms with van der Waals surface area (Å²) in [5.41, 5.74) is 0.476. The summed E-state index contributed by atoms with van der Waals surface area (Å²) in [6.45, 7) is 3.95. The van der Waals surface area contributed by atoms with Gasteiger partial charge in [0.05, 0.1) is 17.5 Å². The number of Topliss-reactive ketones (excluding diaryl/α,β-unsaturated/α-hetero) is 1. The molecule has 4 rings (SSSR count). The second-order valence-electron chi connectivity index (χ2n) is 8.53. The molecule has 0 saturated carbocycles. The molecule has 0 amide bonds. The molecule has 9 nitrogen and oxygen atoms in total. The number of nitro benzene ring substituents is 1. The lowest BCUT2D eigenvalue weighted by molar-refractivity contribution is -0.384. The van der Waals surface area contributed by atoms with Gasteiger partial charge in [0.25, 0.3) is 16.9 Å². The van der Waals surface area contributed by atoms with Crippen LogP contribution in [0.4, 0.5) is 5.69 Å². The average Bonchev–Trinajstić information content (AvgIpc) is 2.68. The van der Waals surface area contributed by atoms with E-state index in [4.69, 9.17) is 0 Å². The monoisotopic (exact) mass is 409 g/mol. The number of pyridine rings is 1. The van der Waals surface area contributed by atoms with Gasteiger partial charge < -0.3 is 0 Å². The van der Waals surface area contributed by atoms with Crippen LogP contribution in [-0.2, 0) is 20.5 Å². The second kappa shape index (κ2) is 6.45. The van der Waals surface area contributed by atoms with Crippen LogP contribution in [0.25, 0.3) is 22.2 Å². The predicted molar refractivity (Wildman–Crippen MR) is 110 cm³/mol. The summed E-state index contributed by atoms with van der Waals surface area (Å²) in [5, 5.41) is 11.5. The van der Waals surface area contributed by atoms with Crippen LogP contribution in [0.3, 0.4) is 0 Å². The number of carbonyl (C=O) groups is 1. The molecular formula is C21H21N4O5+. The molecule has 1 aliphatic carbocycles. The highest BCUT2D eigenvalue weighted by Gasteiger charge is 2.38. The van der Waals surface area contributed by atoms with Gasteiger partial charge in [0, 0.05) is 37.6 Å². The standard InChI is InChI=1S/C21H20N4O5/c1-21(2)9-13-16(14(26)10-21)15(11-6-5-7-12(8-11)25(29)30)17-18(22-13)23(3)20(28)24(4)19(17)27/h5-8H,9-10H2,1-4H3/p+1. The number of aryl methyl sites for hydroxylation is 1. The number of aromatic nitrogens is 3. The van der Waals surface area contributed by atoms with Gasteiger partial charge in [0.15, 0.2) is 5.78 Å². The van der Waals surface area contributed by atoms with Crippen molar-refractivity contribution in [1.82, 2.24) is 9.13 Å². The van der Waals surface area contributed by atoms with Crippen molar-refractivity contribution < 1.29 is 14.7 Å². The molecule has 0 aliphatic heterocycles. The fourth-order valence-electron chi connectivity index (χ4n) is 4.27. The Bertz CT molecular complexity index is 1380. The Morgan fingerprint density at radius 1 is 1.07 bits per heavy atom. The summed E-state index contributed by atoms with van der Waals surface area (Å²) < 4.78 is 2.30. The Hall–Kier alpha value is -3.62. The molecule has 2 heterocycles. The molecule has 0 fully saturated rings. The van der Waals surface area contributed by atoms with Crippen molar-refractivity contribution in [2.24, 2.45) is 19.5 Å². The Morgan fingerprint density at radius 3 is 2.43 bits per heavy atom. The Kier molecular flexibility index (Phi) is 4.23. The van der Waals surface area contributed by atoms with E-state index >= 15 is 0 Å². The Morgan fingerprint density at radius 2 is 1.77 bits per heavy atom. The van der Waals surface area contributed by atoms with Gasteiger partial charge in [0.1, 0.15) is 11.1 Å². The highest BCUT2D eigenvalue weighted by molar-refractivity contribution is 6.10. The molecule has 1 N–H and O–H groups in total. The van der Waals surface area contributed by atoms with Crippen LogP contribution in [0.2, 0.25) is 0 Å². The number of rotatable bonds is 2. The molecule has 0 spiro atoms. The molecule has 1 aromatic carbocycles. The molecule has 0 bridgehead atoms. The molecule has 0 atom stereocenters. The molecule has 0 saturated heterocycles. The van der Waals surface area contributed by atoms with Crippen LogP contribution in [-0.4, -0.2) is 19.8 Å². The van der Waals surface area contributed by atoms with E-state index in [9.17, 15) is 24.5 Å². The van der Waals surface area contributed by atoms with E-state index < -0.39 is 16.2 Å². The number of non-ortho nitro benzene ring substituents is 1. The van der Waals surface area contributed by atoms with Gasteiger partial charge in [-0.15, -0.1) is 0 Å². The maximum Gasteiger partial charge on any atom is 0.417 e. The first kappa shape index (κ1) is 19.7. The fraction of sp³-hybridized carbons (Fsp3) is 0.333. The number of H-pyrrole nitrogens is 1. The lowest BCUT2D eigenvalue weighted by atomic mass is 9.73. The zero-order valence-electron chi connectivity index (χ0n) is 17.1. The molecule has 154 valence electrons. The van der Waals surface area contributed by atoms with E-state index in [1.165, 1.54) is 29.8 Å². The van der Waals surface area contributed by atoms with Crippen LogP contribution in [0.1, 0.15) is 36.3 Å². The molecule has 3 aromatic rings. The topological polar surface area (TPSA) is 118 Å². The average molecular weight is 409 g/mol. The summed E-state index contributed by atoms with van der Waals surface area (Å²) in [7, 11) is 2.91. The maximum absolute atomic E-state index is 13.2. The summed E-state index contributed by atoms with van der Waals surface area (Å²) in [6, 6.07) is 5.87. The number of benzene rings is 1. The molecule has 9 heteroatoms. The van der Waals surface area contributed by atoms with Crippen LogP contribution >= 0.6 is 0 Å². The molecule has 1 aliphatic rings. The summed E-state index contributed by atoms with van der Waals surface area (Å²) in [4.78, 5) is 52.8. The zero-order valence-corrected chi connectivity index (χ0v) is 17.1. The number of hydrogen-bond acceptors (Lipinski definition) is 5. The minimum atomic E-state index is -0.564. The molecule has 30 heavy (non-hydrogen) atoms. The summed E-state index contributed by atoms with van der Waals surface area (Å²) in [5.74, 6) is -0.142. The van der Waals surface area contributed by atoms with Crippen LogP contribution in [0.5, 0.6) is 0 Å². The van der Waals surface area contributed by atoms with E-state index in [0.717, 1.165) is 4.57 Å². The smallest absolute Gasteiger partial charge is 0.294 e. The van der Waals surface area contributed by atoms with Gasteiger partial charge in [-0.25, -0.2) is 14.3 Å². The SMILES string of the molecule is Cn1c(=O)c2c(-c3cccc([N+](=O)[O-])c3)c3c([nH+]c2n(C)c1=O)CC(C)(C)CC3=O. The van der Waals surface area contributed by atoms with Gasteiger partial charge in [-0.1, -0.05) is 26.0 Å². The minimum absolute atomic E-state index is 0.142. The second-order valence-corrected chi connectivity index (χ2v) is 8.53. The summed E-state index contributed by atoms with van der Waals surface area (Å²) in [6.07, 6.45) is 0.822. The number of nitro groups is 1. The number of ketones is 1. The van der Waals surface area contributed by atoms with E-state index in [-0.39, 0.29) is 34.3 Å². The fourth-order valence-corrected chi connectivity index (χ4v) is 4.27. The van der Waals surface area contributed by atoms with Crippen molar-refractivity contribution in [2.75, 3.05) is 0 Å². The van der Waals surface area contributed by atoms with Gasteiger partial charge >= 0.3 is 5.69 Å². The van der Waals surface area contributed by atoms with E-state index in [0.29, 0.717) is 28.8 Å². The van der Waals surface area contributed by atoms with E-state index in [1.54, 1.807) is 13.1 Å². The first-order chi connectivity index (χ1) is 14.0. The minimum Gasteiger partial charge on any atom is -0.294 e. The number of aromatic amines is 1. The first-order valence-corrected chi connectivity index (χ1v) is 9.48. The van der Waals surface area contributed by atoms with Crippen LogP contribution in [0, 0.1) is 15.5 Å². The predicted octanol–water partition coefficient (Wildman–Crippen LogP) is 1.78. The summed E-state index contributed by atoms with van der Waals surface area (Å²) >= 11 is 0. The Labute approximate surface area is 170 Å². The number of nitrogens with zero attached hydrogens (tertiary/aromatic N) is 3. The Balaban J connectivity index is 2.25. The third-order valence-electron chi connectivity index (χ3n) is 5.65. The quantitative estimate of drug-likeness (QED) is 0.472. The van der Waals surface area contributed by atoms with Crippen LogP contribution in [0.15, 0.2) is 33.9 Å². The largest absolute Gasteiger partial charge is 0.417 e. The van der Waals surface area contributed by atoms with Crippen molar-refractivity contribution >= 4 is 22.5 Å². The van der Waals surface area contributed by atoms with Crippen molar-refractivity contribution in [2.45, 2.75) is 26.7 Å². The maximum atomic E-state index is 13.2. The normalized spacial score (nSPS) is 15.3. The number of carbonyl (C=O) groups excluding carboxylic acids is 1. The lowest BCUT2D eigenvalue weighted by Crippen LogP contribution is -2.42. The lowest BCUT2D eigenvalue weighted by Gasteiger charge is -2.29. The zero-order chi connectivity index (χ0) is 22.0. The molecular weight excluding hydrogens is 388 g/mol. The van der Waals surface area contributed by atoms with Crippen molar-refractivity contribution in [3.63, 3.8) is 0 Å². The number of hydrogen-bond donors (Lipinski definition) is 0. The van der Waals surface area contributed by atoms with E-state index in [2.05, 4.69) is 4.98 Å². The van der Waals surface area contributed by atoms with Gasteiger partial charge in [-0.2, -0.15) is 4.57 Å². The van der Waals surface area contributed by atoms with Gasteiger partial charge in [-0.05, 0) is 11.0 Å². The van der Waals surface area contributed by atoms with E-state index in [1.807, 2.05) is 13.8 Å². The third-order valence-corrected chi connectivity index (χ3v) is 5.65. The van der Waals surface area contributed by atoms with Gasteiger partial charge in [-0.3, -0.25) is 19.7 Å². The molecule has 0 unspecified atom stereocenters. The first-order valence-electron chi connectivity index (χ1n) is 9.48. The molecule has 0 radical (unpaired) electrons.